The van der Waals surface area contributed by atoms with Crippen LogP contribution in [0.3, 0.4) is 0 Å². The Morgan fingerprint density at radius 1 is 1.19 bits per heavy atom. The molecule has 0 spiro atoms. The van der Waals surface area contributed by atoms with Crippen molar-refractivity contribution >= 4 is 50.6 Å². The van der Waals surface area contributed by atoms with Crippen molar-refractivity contribution in [2.75, 3.05) is 4.72 Å². The van der Waals surface area contributed by atoms with E-state index in [1.54, 1.807) is 6.07 Å². The smallest absolute Gasteiger partial charge is 0.262 e. The summed E-state index contributed by atoms with van der Waals surface area (Å²) in [6, 6.07) is 5.63. The number of aromatic nitrogens is 2. The third-order valence-corrected chi connectivity index (χ3v) is 4.69. The van der Waals surface area contributed by atoms with Crippen LogP contribution in [-0.2, 0) is 10.0 Å². The van der Waals surface area contributed by atoms with Gasteiger partial charge in [0.2, 0.25) is 0 Å². The quantitative estimate of drug-likeness (QED) is 0.845. The van der Waals surface area contributed by atoms with Crippen LogP contribution in [0.4, 0.5) is 5.82 Å². The summed E-state index contributed by atoms with van der Waals surface area (Å²) in [6.07, 6.45) is 1.05. The third-order valence-electron chi connectivity index (χ3n) is 2.33. The lowest BCUT2D eigenvalue weighted by Gasteiger charge is -2.10. The lowest BCUT2D eigenvalue weighted by Crippen LogP contribution is -2.16. The van der Waals surface area contributed by atoms with Crippen LogP contribution in [0.5, 0.6) is 0 Å². The predicted molar refractivity (Wildman–Crippen MR) is 79.0 cm³/mol. The van der Waals surface area contributed by atoms with Crippen molar-refractivity contribution in [2.45, 2.75) is 4.90 Å². The lowest BCUT2D eigenvalue weighted by molar-refractivity contribution is 0.601. The number of hydrogen-bond acceptors (Lipinski definition) is 5. The lowest BCUT2D eigenvalue weighted by atomic mass is 10.2. The van der Waals surface area contributed by atoms with Gasteiger partial charge >= 0.3 is 0 Å². The highest BCUT2D eigenvalue weighted by Crippen LogP contribution is 2.28. The minimum Gasteiger partial charge on any atom is -0.262 e. The molecule has 1 aromatic heterocycles. The van der Waals surface area contributed by atoms with Crippen molar-refractivity contribution < 1.29 is 8.42 Å². The van der Waals surface area contributed by atoms with Gasteiger partial charge in [-0.3, -0.25) is 4.72 Å². The summed E-state index contributed by atoms with van der Waals surface area (Å²) in [5, 5.41) is 8.90. The molecule has 21 heavy (non-hydrogen) atoms. The van der Waals surface area contributed by atoms with Crippen LogP contribution in [0, 0.1) is 11.3 Å². The predicted octanol–water partition coefficient (Wildman–Crippen LogP) is 3.11. The van der Waals surface area contributed by atoms with Crippen LogP contribution in [0.1, 0.15) is 5.56 Å². The number of nitrogens with one attached hydrogen (secondary N) is 1. The van der Waals surface area contributed by atoms with E-state index in [1.807, 2.05) is 0 Å². The highest BCUT2D eigenvalue weighted by Gasteiger charge is 2.22. The van der Waals surface area contributed by atoms with Gasteiger partial charge in [-0.25, -0.2) is 18.4 Å². The summed E-state index contributed by atoms with van der Waals surface area (Å²) in [6.45, 7) is 0. The topological polar surface area (TPSA) is 95.7 Å². The zero-order valence-electron chi connectivity index (χ0n) is 10.0. The van der Waals surface area contributed by atoms with Gasteiger partial charge in [-0.2, -0.15) is 5.26 Å². The van der Waals surface area contributed by atoms with Crippen LogP contribution in [-0.4, -0.2) is 18.4 Å². The molecule has 1 aromatic carbocycles. The van der Waals surface area contributed by atoms with Gasteiger partial charge in [0, 0.05) is 5.02 Å². The maximum atomic E-state index is 12.3. The molecule has 0 unspecified atom stereocenters. The highest BCUT2D eigenvalue weighted by atomic mass is 35.5. The summed E-state index contributed by atoms with van der Waals surface area (Å²) >= 11 is 17.3. The minimum atomic E-state index is -4.11. The normalized spacial score (nSPS) is 11.0. The van der Waals surface area contributed by atoms with E-state index >= 15 is 0 Å². The van der Waals surface area contributed by atoms with Gasteiger partial charge < -0.3 is 0 Å². The number of rotatable bonds is 3. The number of halogens is 3. The molecule has 0 aliphatic carbocycles. The van der Waals surface area contributed by atoms with E-state index in [0.29, 0.717) is 0 Å². The fourth-order valence-corrected chi connectivity index (χ4v) is 3.19. The number of anilines is 1. The highest BCUT2D eigenvalue weighted by molar-refractivity contribution is 7.92. The molecule has 0 amide bonds. The maximum Gasteiger partial charge on any atom is 0.264 e. The van der Waals surface area contributed by atoms with Gasteiger partial charge in [0.15, 0.2) is 11.0 Å². The molecule has 0 radical (unpaired) electrons. The molecule has 2 aromatic rings. The van der Waals surface area contributed by atoms with Crippen LogP contribution in [0.15, 0.2) is 29.4 Å². The molecular weight excluding hydrogens is 359 g/mol. The van der Waals surface area contributed by atoms with E-state index < -0.39 is 10.0 Å². The van der Waals surface area contributed by atoms with Crippen molar-refractivity contribution in [1.82, 2.24) is 9.97 Å². The molecule has 6 nitrogen and oxygen atoms in total. The molecule has 0 aliphatic heterocycles. The molecule has 0 fully saturated rings. The Hall–Kier alpha value is -1.59. The van der Waals surface area contributed by atoms with Gasteiger partial charge in [0.1, 0.15) is 22.3 Å². The minimum absolute atomic E-state index is 0.0665. The Bertz CT molecular complexity index is 849. The molecule has 10 heteroatoms. The van der Waals surface area contributed by atoms with Gasteiger partial charge in [0.05, 0.1) is 5.56 Å². The number of hydrogen-bond donors (Lipinski definition) is 1. The Balaban J connectivity index is 2.51. The van der Waals surface area contributed by atoms with Crippen molar-refractivity contribution in [3.8, 4) is 6.07 Å². The fourth-order valence-electron chi connectivity index (χ4n) is 1.41. The molecule has 108 valence electrons. The van der Waals surface area contributed by atoms with E-state index in [-0.39, 0.29) is 31.5 Å². The maximum absolute atomic E-state index is 12.3. The molecule has 0 atom stereocenters. The Kier molecular flexibility index (Phi) is 4.54. The number of nitrogens with zero attached hydrogens (tertiary/aromatic N) is 3. The standard InChI is InChI=1S/C11H5Cl3N4O2S/c12-7-2-1-6(4-15)8(3-7)21(19,20)18-11-9(13)10(14)16-5-17-11/h1-3,5H,(H,16,17,18). The molecule has 1 N–H and O–H groups in total. The second-order valence-electron chi connectivity index (χ2n) is 3.68. The number of nitriles is 1. The van der Waals surface area contributed by atoms with Gasteiger partial charge in [0.25, 0.3) is 10.0 Å². The molecule has 2 rings (SSSR count). The Morgan fingerprint density at radius 3 is 2.57 bits per heavy atom. The van der Waals surface area contributed by atoms with E-state index in [0.717, 1.165) is 12.4 Å². The summed E-state index contributed by atoms with van der Waals surface area (Å²) in [4.78, 5) is 7.01. The van der Waals surface area contributed by atoms with E-state index in [9.17, 15) is 8.42 Å². The van der Waals surface area contributed by atoms with Crippen molar-refractivity contribution in [1.29, 1.82) is 5.26 Å². The fraction of sp³-hybridized carbons (Fsp3) is 0. The monoisotopic (exact) mass is 362 g/mol. The van der Waals surface area contributed by atoms with Gasteiger partial charge in [-0.15, -0.1) is 0 Å². The van der Waals surface area contributed by atoms with Crippen LogP contribution >= 0.6 is 34.8 Å². The van der Waals surface area contributed by atoms with Crippen LogP contribution < -0.4 is 4.72 Å². The molecule has 1 heterocycles. The van der Waals surface area contributed by atoms with E-state index in [2.05, 4.69) is 14.7 Å². The van der Waals surface area contributed by atoms with Crippen LogP contribution in [0.2, 0.25) is 15.2 Å². The summed E-state index contributed by atoms with van der Waals surface area (Å²) in [7, 11) is -4.11. The first-order chi connectivity index (χ1) is 9.85. The number of sulfonamides is 1. The van der Waals surface area contributed by atoms with Crippen molar-refractivity contribution in [3.05, 3.63) is 45.3 Å². The van der Waals surface area contributed by atoms with Gasteiger partial charge in [-0.05, 0) is 18.2 Å². The first-order valence-corrected chi connectivity index (χ1v) is 7.85. The average molecular weight is 364 g/mol. The molecule has 0 saturated heterocycles. The van der Waals surface area contributed by atoms with Crippen LogP contribution in [0.25, 0.3) is 0 Å². The molecule has 0 aliphatic rings. The van der Waals surface area contributed by atoms with Crippen molar-refractivity contribution in [2.24, 2.45) is 0 Å². The molecule has 0 bridgehead atoms. The second kappa shape index (κ2) is 6.03. The Morgan fingerprint density at radius 2 is 1.90 bits per heavy atom. The van der Waals surface area contributed by atoms with Gasteiger partial charge in [-0.1, -0.05) is 34.8 Å². The van der Waals surface area contributed by atoms with E-state index in [1.165, 1.54) is 12.1 Å². The molecule has 0 saturated carbocycles. The van der Waals surface area contributed by atoms with E-state index in [4.69, 9.17) is 40.1 Å². The molecular formula is C11H5Cl3N4O2S. The summed E-state index contributed by atoms with van der Waals surface area (Å²) in [5.41, 5.74) is -0.0665. The zero-order valence-corrected chi connectivity index (χ0v) is 13.1. The second-order valence-corrected chi connectivity index (χ2v) is 6.51. The summed E-state index contributed by atoms with van der Waals surface area (Å²) < 4.78 is 26.8. The SMILES string of the molecule is N#Cc1ccc(Cl)cc1S(=O)(=O)Nc1ncnc(Cl)c1Cl. The largest absolute Gasteiger partial charge is 0.264 e. The first-order valence-electron chi connectivity index (χ1n) is 5.23. The zero-order chi connectivity index (χ0) is 15.6. The number of benzene rings is 1. The Labute approximate surface area is 135 Å². The third kappa shape index (κ3) is 3.36. The van der Waals surface area contributed by atoms with Crippen molar-refractivity contribution in [3.63, 3.8) is 0 Å². The summed E-state index contributed by atoms with van der Waals surface area (Å²) in [5.74, 6) is -0.194. The first kappa shape index (κ1) is 15.8. The average Bonchev–Trinajstić information content (AvgIpc) is 2.44.